The van der Waals surface area contributed by atoms with E-state index in [9.17, 15) is 4.79 Å². The minimum atomic E-state index is 0.0128. The molecular formula is C27H54O9. The maximum absolute atomic E-state index is 10.7. The molecule has 36 heavy (non-hydrogen) atoms. The Bertz CT molecular complexity index is 424. The van der Waals surface area contributed by atoms with Crippen molar-refractivity contribution in [3.63, 3.8) is 0 Å². The largest absolute Gasteiger partial charge is 0.379 e. The third-order valence-electron chi connectivity index (χ3n) is 5.05. The van der Waals surface area contributed by atoms with Crippen LogP contribution in [0.1, 0.15) is 65.2 Å². The monoisotopic (exact) mass is 522 g/mol. The van der Waals surface area contributed by atoms with Crippen LogP contribution in [-0.4, -0.2) is 111 Å². The molecule has 0 saturated carbocycles. The van der Waals surface area contributed by atoms with Gasteiger partial charge in [0.25, 0.3) is 0 Å². The number of ketones is 1. The number of ether oxygens (including phenoxy) is 8. The van der Waals surface area contributed by atoms with Gasteiger partial charge in [0, 0.05) is 6.61 Å². The molecule has 0 aliphatic heterocycles. The average molecular weight is 523 g/mol. The van der Waals surface area contributed by atoms with E-state index in [0.717, 1.165) is 13.0 Å². The van der Waals surface area contributed by atoms with Crippen molar-refractivity contribution in [1.29, 1.82) is 0 Å². The smallest absolute Gasteiger partial charge is 0.155 e. The highest BCUT2D eigenvalue weighted by atomic mass is 16.6. The van der Waals surface area contributed by atoms with Crippen molar-refractivity contribution in [2.45, 2.75) is 65.2 Å². The first-order chi connectivity index (χ1) is 17.8. The van der Waals surface area contributed by atoms with Crippen LogP contribution in [-0.2, 0) is 42.7 Å². The first-order valence-electron chi connectivity index (χ1n) is 13.9. The molecule has 0 radical (unpaired) electrons. The molecule has 0 aliphatic carbocycles. The van der Waals surface area contributed by atoms with Gasteiger partial charge in [-0.15, -0.1) is 0 Å². The fraction of sp³-hybridized carbons (Fsp3) is 0.963. The van der Waals surface area contributed by atoms with E-state index in [1.54, 1.807) is 0 Å². The van der Waals surface area contributed by atoms with Crippen LogP contribution in [0.25, 0.3) is 0 Å². The van der Waals surface area contributed by atoms with Gasteiger partial charge in [0.15, 0.2) is 5.78 Å². The standard InChI is InChI=1S/C27H54O9/c1-3-4-5-6-7-8-9-10-11-29-12-13-30-14-15-31-16-17-32-18-19-33-20-21-34-22-23-35-24-25-36-26-27(2)28/h3-26H2,1-2H3. The van der Waals surface area contributed by atoms with Gasteiger partial charge >= 0.3 is 0 Å². The van der Waals surface area contributed by atoms with Gasteiger partial charge in [-0.25, -0.2) is 0 Å². The fourth-order valence-electron chi connectivity index (χ4n) is 3.09. The Hall–Kier alpha value is -0.650. The van der Waals surface area contributed by atoms with Gasteiger partial charge in [0.05, 0.1) is 92.5 Å². The molecule has 0 aromatic rings. The molecule has 216 valence electrons. The molecular weight excluding hydrogens is 468 g/mol. The molecule has 0 aromatic heterocycles. The number of hydrogen-bond acceptors (Lipinski definition) is 9. The van der Waals surface area contributed by atoms with E-state index in [2.05, 4.69) is 6.92 Å². The summed E-state index contributed by atoms with van der Waals surface area (Å²) in [6.07, 6.45) is 10.5. The van der Waals surface area contributed by atoms with Crippen LogP contribution in [0.2, 0.25) is 0 Å². The van der Waals surface area contributed by atoms with Crippen molar-refractivity contribution in [2.24, 2.45) is 0 Å². The van der Waals surface area contributed by atoms with E-state index in [-0.39, 0.29) is 12.4 Å². The summed E-state index contributed by atoms with van der Waals surface area (Å²) in [5.74, 6) is 0.0128. The van der Waals surface area contributed by atoms with Gasteiger partial charge in [0.2, 0.25) is 0 Å². The number of carbonyl (C=O) groups is 1. The molecule has 0 amide bonds. The summed E-state index contributed by atoms with van der Waals surface area (Å²) in [5, 5.41) is 0. The molecule has 0 bridgehead atoms. The molecule has 0 fully saturated rings. The third-order valence-corrected chi connectivity index (χ3v) is 5.05. The minimum Gasteiger partial charge on any atom is -0.379 e. The molecule has 0 rings (SSSR count). The molecule has 0 unspecified atom stereocenters. The van der Waals surface area contributed by atoms with Gasteiger partial charge in [-0.3, -0.25) is 4.79 Å². The predicted octanol–water partition coefficient (Wildman–Crippen LogP) is 3.85. The zero-order valence-electron chi connectivity index (χ0n) is 23.1. The summed E-state index contributed by atoms with van der Waals surface area (Å²) in [4.78, 5) is 10.7. The van der Waals surface area contributed by atoms with Gasteiger partial charge in [-0.1, -0.05) is 51.9 Å². The second kappa shape index (κ2) is 32.4. The number of hydrogen-bond donors (Lipinski definition) is 0. The summed E-state index contributed by atoms with van der Waals surface area (Å²) in [6, 6.07) is 0. The van der Waals surface area contributed by atoms with Crippen molar-refractivity contribution >= 4 is 5.78 Å². The Morgan fingerprint density at radius 3 is 1.00 bits per heavy atom. The van der Waals surface area contributed by atoms with Crippen molar-refractivity contribution in [3.8, 4) is 0 Å². The molecule has 0 atom stereocenters. The number of unbranched alkanes of at least 4 members (excludes halogenated alkanes) is 7. The van der Waals surface area contributed by atoms with Crippen LogP contribution < -0.4 is 0 Å². The van der Waals surface area contributed by atoms with Crippen LogP contribution in [0.4, 0.5) is 0 Å². The Morgan fingerprint density at radius 2 is 0.667 bits per heavy atom. The second-order valence-corrected chi connectivity index (χ2v) is 8.52. The van der Waals surface area contributed by atoms with Gasteiger partial charge < -0.3 is 37.9 Å². The molecule has 9 heteroatoms. The van der Waals surface area contributed by atoms with Crippen LogP contribution in [0, 0.1) is 0 Å². The lowest BCUT2D eigenvalue weighted by Crippen LogP contribution is -2.15. The lowest BCUT2D eigenvalue weighted by molar-refractivity contribution is -0.122. The summed E-state index contributed by atoms with van der Waals surface area (Å²) in [6.45, 7) is 12.1. The SMILES string of the molecule is CCCCCCCCCCOCCOCCOCCOCCOCCOCCOCCOCC(C)=O. The minimum absolute atomic E-state index is 0.0128. The number of Topliss-reactive ketones (excluding diaryl/α,β-unsaturated/α-hetero) is 1. The quantitative estimate of drug-likeness (QED) is 0.122. The first-order valence-corrected chi connectivity index (χ1v) is 13.9. The van der Waals surface area contributed by atoms with E-state index in [1.807, 2.05) is 0 Å². The summed E-state index contributed by atoms with van der Waals surface area (Å²) in [5.41, 5.74) is 0. The van der Waals surface area contributed by atoms with Gasteiger partial charge in [0.1, 0.15) is 6.61 Å². The zero-order valence-corrected chi connectivity index (χ0v) is 23.1. The molecule has 9 nitrogen and oxygen atoms in total. The van der Waals surface area contributed by atoms with Crippen molar-refractivity contribution < 1.29 is 42.7 Å². The van der Waals surface area contributed by atoms with Gasteiger partial charge in [-0.05, 0) is 13.3 Å². The van der Waals surface area contributed by atoms with E-state index >= 15 is 0 Å². The van der Waals surface area contributed by atoms with E-state index in [0.29, 0.717) is 92.5 Å². The molecule has 0 aromatic carbocycles. The summed E-state index contributed by atoms with van der Waals surface area (Å²) in [7, 11) is 0. The van der Waals surface area contributed by atoms with E-state index in [4.69, 9.17) is 37.9 Å². The Labute approximate surface area is 219 Å². The van der Waals surface area contributed by atoms with E-state index in [1.165, 1.54) is 51.9 Å². The van der Waals surface area contributed by atoms with Gasteiger partial charge in [-0.2, -0.15) is 0 Å². The van der Waals surface area contributed by atoms with E-state index < -0.39 is 0 Å². The van der Waals surface area contributed by atoms with Crippen LogP contribution in [0.3, 0.4) is 0 Å². The lowest BCUT2D eigenvalue weighted by Gasteiger charge is -2.08. The number of carbonyl (C=O) groups excluding carboxylic acids is 1. The zero-order chi connectivity index (χ0) is 26.2. The number of rotatable bonds is 32. The normalized spacial score (nSPS) is 11.4. The molecule has 0 N–H and O–H groups in total. The van der Waals surface area contributed by atoms with Crippen LogP contribution in [0.5, 0.6) is 0 Å². The first kappa shape index (κ1) is 35.4. The second-order valence-electron chi connectivity index (χ2n) is 8.52. The molecule has 0 aliphatic rings. The van der Waals surface area contributed by atoms with Crippen LogP contribution >= 0.6 is 0 Å². The Morgan fingerprint density at radius 1 is 0.389 bits per heavy atom. The summed E-state index contributed by atoms with van der Waals surface area (Å²) >= 11 is 0. The fourth-order valence-corrected chi connectivity index (χ4v) is 3.09. The maximum Gasteiger partial charge on any atom is 0.155 e. The summed E-state index contributed by atoms with van der Waals surface area (Å²) < 4.78 is 43.3. The van der Waals surface area contributed by atoms with Crippen molar-refractivity contribution in [1.82, 2.24) is 0 Å². The molecule has 0 heterocycles. The highest BCUT2D eigenvalue weighted by Crippen LogP contribution is 2.08. The highest BCUT2D eigenvalue weighted by Gasteiger charge is 1.96. The molecule has 0 saturated heterocycles. The van der Waals surface area contributed by atoms with Crippen LogP contribution in [0.15, 0.2) is 0 Å². The highest BCUT2D eigenvalue weighted by molar-refractivity contribution is 5.76. The Balaban J connectivity index is 3.02. The lowest BCUT2D eigenvalue weighted by atomic mass is 10.1. The Kier molecular flexibility index (Phi) is 31.8. The average Bonchev–Trinajstić information content (AvgIpc) is 2.87. The molecule has 0 spiro atoms. The topological polar surface area (TPSA) is 90.9 Å². The van der Waals surface area contributed by atoms with Crippen molar-refractivity contribution in [3.05, 3.63) is 0 Å². The maximum atomic E-state index is 10.7. The van der Waals surface area contributed by atoms with Crippen molar-refractivity contribution in [2.75, 3.05) is 106 Å². The predicted molar refractivity (Wildman–Crippen MR) is 140 cm³/mol. The third kappa shape index (κ3) is 33.4.